The van der Waals surface area contributed by atoms with E-state index < -0.39 is 17.4 Å². The average Bonchev–Trinajstić information content (AvgIpc) is 2.92. The summed E-state index contributed by atoms with van der Waals surface area (Å²) in [7, 11) is 1.55. The third kappa shape index (κ3) is 3.25. The van der Waals surface area contributed by atoms with Gasteiger partial charge in [-0.05, 0) is 38.0 Å². The zero-order valence-corrected chi connectivity index (χ0v) is 16.8. The van der Waals surface area contributed by atoms with Crippen molar-refractivity contribution in [2.45, 2.75) is 45.1 Å². The van der Waals surface area contributed by atoms with Crippen LogP contribution in [-0.2, 0) is 16.3 Å². The molecule has 1 fully saturated rings. The maximum atomic E-state index is 13.6. The molecular weight excluding hydrogens is 368 g/mol. The van der Waals surface area contributed by atoms with Crippen LogP contribution in [0.1, 0.15) is 46.2 Å². The van der Waals surface area contributed by atoms with Gasteiger partial charge in [-0.2, -0.15) is 0 Å². The third-order valence-electron chi connectivity index (χ3n) is 5.13. The second-order valence-corrected chi connectivity index (χ2v) is 8.64. The van der Waals surface area contributed by atoms with Gasteiger partial charge in [0.05, 0.1) is 11.5 Å². The van der Waals surface area contributed by atoms with Crippen LogP contribution in [0.2, 0.25) is 0 Å². The largest absolute Gasteiger partial charge is 0.345 e. The minimum Gasteiger partial charge on any atom is -0.345 e. The van der Waals surface area contributed by atoms with E-state index in [1.807, 2.05) is 20.8 Å². The van der Waals surface area contributed by atoms with Gasteiger partial charge in [-0.15, -0.1) is 11.3 Å². The maximum Gasteiger partial charge on any atom is 0.270 e. The Morgan fingerprint density at radius 3 is 2.33 bits per heavy atom. The summed E-state index contributed by atoms with van der Waals surface area (Å²) in [6.45, 7) is 6.74. The van der Waals surface area contributed by atoms with Crippen LogP contribution in [-0.4, -0.2) is 23.8 Å². The van der Waals surface area contributed by atoms with E-state index in [1.54, 1.807) is 30.5 Å². The molecule has 4 nitrogen and oxygen atoms in total. The number of carbonyl (C=O) groups is 1. The number of thiophene rings is 1. The van der Waals surface area contributed by atoms with Crippen LogP contribution in [0.25, 0.3) is 0 Å². The zero-order chi connectivity index (χ0) is 20.1. The Hall–Kier alpha value is -2.28. The minimum atomic E-state index is -2.93. The summed E-state index contributed by atoms with van der Waals surface area (Å²) in [4.78, 5) is 16.5. The predicted molar refractivity (Wildman–Crippen MR) is 104 cm³/mol. The van der Waals surface area contributed by atoms with Crippen molar-refractivity contribution in [1.29, 1.82) is 5.41 Å². The van der Waals surface area contributed by atoms with Crippen molar-refractivity contribution in [3.05, 3.63) is 56.8 Å². The molecule has 0 radical (unpaired) electrons. The Morgan fingerprint density at radius 2 is 1.85 bits per heavy atom. The van der Waals surface area contributed by atoms with Gasteiger partial charge in [0.2, 0.25) is 5.91 Å². The molecule has 2 N–H and O–H groups in total. The molecule has 144 valence electrons. The molecule has 3 rings (SSSR count). The Morgan fingerprint density at radius 1 is 1.26 bits per heavy atom. The highest BCUT2D eigenvalue weighted by Gasteiger charge is 2.49. The first-order valence-electron chi connectivity index (χ1n) is 8.65. The lowest BCUT2D eigenvalue weighted by Crippen LogP contribution is -2.62. The summed E-state index contributed by atoms with van der Waals surface area (Å²) in [5.74, 6) is -3.77. The molecule has 2 heterocycles. The first kappa shape index (κ1) is 19.5. The summed E-state index contributed by atoms with van der Waals surface area (Å²) in [6, 6.07) is 7.98. The molecule has 2 atom stereocenters. The lowest BCUT2D eigenvalue weighted by atomic mass is 9.76. The number of amides is 1. The van der Waals surface area contributed by atoms with Crippen molar-refractivity contribution < 1.29 is 13.6 Å². The molecule has 1 aliphatic rings. The second-order valence-electron chi connectivity index (χ2n) is 7.39. The van der Waals surface area contributed by atoms with Gasteiger partial charge >= 0.3 is 0 Å². The predicted octanol–water partition coefficient (Wildman–Crippen LogP) is 4.47. The number of hydrogen-bond acceptors (Lipinski definition) is 3. The van der Waals surface area contributed by atoms with Gasteiger partial charge in [0.15, 0.2) is 5.96 Å². The van der Waals surface area contributed by atoms with E-state index in [2.05, 4.69) is 11.4 Å². The van der Waals surface area contributed by atoms with E-state index in [1.165, 1.54) is 17.0 Å². The number of hydrogen-bond donors (Lipinski definition) is 2. The lowest BCUT2D eigenvalue weighted by Gasteiger charge is -2.45. The van der Waals surface area contributed by atoms with E-state index in [-0.39, 0.29) is 17.4 Å². The standard InChI is InChI=1S/C20H23F2N3OS/c1-11-10-12(2)27-16(11)19(3)15(17(26)25(5)18(23)24-19)13-6-8-14(9-7-13)20(4,21)22/h6-10,15H,1-5H3,(H2,23,24)/t15?,19-/m0/s1. The number of carbonyl (C=O) groups excluding carboxylic acids is 1. The fourth-order valence-corrected chi connectivity index (χ4v) is 4.90. The van der Waals surface area contributed by atoms with Crippen LogP contribution in [0.5, 0.6) is 0 Å². The van der Waals surface area contributed by atoms with Crippen molar-refractivity contribution in [3.63, 3.8) is 0 Å². The Kier molecular flexibility index (Phi) is 4.62. The number of halogens is 2. The van der Waals surface area contributed by atoms with Crippen LogP contribution in [0.15, 0.2) is 30.3 Å². The van der Waals surface area contributed by atoms with Gasteiger partial charge in [-0.25, -0.2) is 8.78 Å². The van der Waals surface area contributed by atoms with E-state index in [9.17, 15) is 13.6 Å². The van der Waals surface area contributed by atoms with Gasteiger partial charge in [0.1, 0.15) is 0 Å². The molecule has 27 heavy (non-hydrogen) atoms. The quantitative estimate of drug-likeness (QED) is 0.811. The number of nitrogens with zero attached hydrogens (tertiary/aromatic N) is 1. The van der Waals surface area contributed by atoms with Gasteiger partial charge < -0.3 is 5.32 Å². The summed E-state index contributed by atoms with van der Waals surface area (Å²) in [5, 5.41) is 11.4. The Bertz CT molecular complexity index is 901. The highest BCUT2D eigenvalue weighted by molar-refractivity contribution is 7.12. The highest BCUT2D eigenvalue weighted by atomic mass is 32.1. The number of aryl methyl sites for hydroxylation is 2. The molecule has 1 aliphatic heterocycles. The third-order valence-corrected chi connectivity index (χ3v) is 6.52. The SMILES string of the molecule is Cc1cc(C)c([C@@]2(C)NC(=N)N(C)C(=O)C2c2ccc(C(C)(F)F)cc2)s1. The molecular formula is C20H23F2N3OS. The summed E-state index contributed by atoms with van der Waals surface area (Å²) >= 11 is 1.58. The molecule has 2 aromatic rings. The molecule has 1 saturated heterocycles. The number of benzene rings is 1. The number of guanidine groups is 1. The summed E-state index contributed by atoms with van der Waals surface area (Å²) in [5.41, 5.74) is 0.764. The molecule has 0 bridgehead atoms. The van der Waals surface area contributed by atoms with Gasteiger partial charge in [0, 0.05) is 29.3 Å². The fraction of sp³-hybridized carbons (Fsp3) is 0.400. The Labute approximate surface area is 161 Å². The van der Waals surface area contributed by atoms with Crippen LogP contribution in [0, 0.1) is 19.3 Å². The molecule has 0 aliphatic carbocycles. The van der Waals surface area contributed by atoms with Crippen LogP contribution in [0.4, 0.5) is 8.78 Å². The fourth-order valence-electron chi connectivity index (χ4n) is 3.74. The summed E-state index contributed by atoms with van der Waals surface area (Å²) < 4.78 is 27.2. The van der Waals surface area contributed by atoms with Crippen molar-refractivity contribution in [1.82, 2.24) is 10.2 Å². The minimum absolute atomic E-state index is 0.0286. The average molecular weight is 391 g/mol. The van der Waals surface area contributed by atoms with E-state index in [0.29, 0.717) is 5.56 Å². The van der Waals surface area contributed by atoms with Crippen molar-refractivity contribution >= 4 is 23.2 Å². The van der Waals surface area contributed by atoms with E-state index in [0.717, 1.165) is 22.2 Å². The number of nitrogens with one attached hydrogen (secondary N) is 2. The van der Waals surface area contributed by atoms with Crippen molar-refractivity contribution in [2.75, 3.05) is 7.05 Å². The molecule has 1 unspecified atom stereocenters. The highest BCUT2D eigenvalue weighted by Crippen LogP contribution is 2.45. The topological polar surface area (TPSA) is 56.2 Å². The van der Waals surface area contributed by atoms with Crippen LogP contribution in [0.3, 0.4) is 0 Å². The molecule has 0 saturated carbocycles. The molecule has 1 aromatic carbocycles. The number of likely N-dealkylation sites (N-methyl/N-ethyl adjacent to an activating group) is 1. The lowest BCUT2D eigenvalue weighted by molar-refractivity contribution is -0.131. The molecule has 1 aromatic heterocycles. The maximum absolute atomic E-state index is 13.6. The second kappa shape index (κ2) is 6.41. The van der Waals surface area contributed by atoms with Gasteiger partial charge in [-0.1, -0.05) is 24.3 Å². The van der Waals surface area contributed by atoms with Gasteiger partial charge in [-0.3, -0.25) is 15.1 Å². The first-order chi connectivity index (χ1) is 12.4. The number of alkyl halides is 2. The van der Waals surface area contributed by atoms with Crippen molar-refractivity contribution in [3.8, 4) is 0 Å². The smallest absolute Gasteiger partial charge is 0.270 e. The molecule has 1 amide bonds. The summed E-state index contributed by atoms with van der Waals surface area (Å²) in [6.07, 6.45) is 0. The number of rotatable bonds is 3. The van der Waals surface area contributed by atoms with Crippen molar-refractivity contribution in [2.24, 2.45) is 0 Å². The molecule has 0 spiro atoms. The van der Waals surface area contributed by atoms with E-state index >= 15 is 0 Å². The zero-order valence-electron chi connectivity index (χ0n) is 16.0. The monoisotopic (exact) mass is 391 g/mol. The van der Waals surface area contributed by atoms with Crippen LogP contribution >= 0.6 is 11.3 Å². The van der Waals surface area contributed by atoms with Crippen LogP contribution < -0.4 is 5.32 Å². The Balaban J connectivity index is 2.14. The van der Waals surface area contributed by atoms with Gasteiger partial charge in [0.25, 0.3) is 5.92 Å². The first-order valence-corrected chi connectivity index (χ1v) is 9.47. The van der Waals surface area contributed by atoms with E-state index in [4.69, 9.17) is 5.41 Å². The normalized spacial score (nSPS) is 23.5. The molecule has 7 heteroatoms.